The SMILES string of the molecule is Fc1ccc(-n2c3ccccc3c3ccc(N(c4ccccc4)c4cccc5c4C46c7c(cccc7N(c7ccccc7)c7ccc8c(c7)oc7ccccc78)CC4CCC6C5)cc32)cc1. The quantitative estimate of drug-likeness (QED) is 0.160. The topological polar surface area (TPSA) is 24.6 Å². The molecule has 316 valence electrons. The number of anilines is 6. The van der Waals surface area contributed by atoms with E-state index in [0.717, 1.165) is 79.6 Å². The zero-order valence-electron chi connectivity index (χ0n) is 36.2. The molecular weight excluding hydrogens is 810 g/mol. The second kappa shape index (κ2) is 14.3. The van der Waals surface area contributed by atoms with E-state index in [9.17, 15) is 4.39 Å². The van der Waals surface area contributed by atoms with Gasteiger partial charge in [0.05, 0.1) is 22.4 Å². The van der Waals surface area contributed by atoms with E-state index in [1.807, 2.05) is 18.2 Å². The Balaban J connectivity index is 1.01. The van der Waals surface area contributed by atoms with Gasteiger partial charge in [0.1, 0.15) is 17.0 Å². The van der Waals surface area contributed by atoms with E-state index in [1.54, 1.807) is 12.1 Å². The predicted molar refractivity (Wildman–Crippen MR) is 268 cm³/mol. The van der Waals surface area contributed by atoms with Gasteiger partial charge in [0.15, 0.2) is 0 Å². The maximum Gasteiger partial charge on any atom is 0.137 e. The molecule has 5 heteroatoms. The third kappa shape index (κ3) is 5.31. The van der Waals surface area contributed by atoms with Gasteiger partial charge in [-0.25, -0.2) is 4.39 Å². The maximum atomic E-state index is 14.4. The Morgan fingerprint density at radius 2 is 0.970 bits per heavy atom. The van der Waals surface area contributed by atoms with Gasteiger partial charge in [0, 0.05) is 61.5 Å². The van der Waals surface area contributed by atoms with Crippen molar-refractivity contribution in [2.45, 2.75) is 31.1 Å². The highest BCUT2D eigenvalue weighted by atomic mass is 19.1. The van der Waals surface area contributed by atoms with E-state index in [-0.39, 0.29) is 11.2 Å². The number of nitrogens with zero attached hydrogens (tertiary/aromatic N) is 3. The number of rotatable bonds is 7. The van der Waals surface area contributed by atoms with E-state index in [0.29, 0.717) is 11.8 Å². The normalized spacial score (nSPS) is 18.2. The molecule has 2 heterocycles. The first-order chi connectivity index (χ1) is 32.6. The lowest BCUT2D eigenvalue weighted by molar-refractivity contribution is 0.350. The molecule has 3 atom stereocenters. The van der Waals surface area contributed by atoms with Gasteiger partial charge < -0.3 is 18.8 Å². The van der Waals surface area contributed by atoms with E-state index in [1.165, 1.54) is 51.9 Å². The molecule has 0 bridgehead atoms. The summed E-state index contributed by atoms with van der Waals surface area (Å²) >= 11 is 0. The van der Waals surface area contributed by atoms with Gasteiger partial charge in [-0.05, 0) is 157 Å². The first kappa shape index (κ1) is 37.5. The average molecular weight is 854 g/mol. The van der Waals surface area contributed by atoms with Crippen LogP contribution in [0.5, 0.6) is 0 Å². The Bertz CT molecular complexity index is 3700. The summed E-state index contributed by atoms with van der Waals surface area (Å²) in [5.41, 5.74) is 17.4. The van der Waals surface area contributed by atoms with Crippen LogP contribution in [0.1, 0.15) is 35.1 Å². The second-order valence-corrected chi connectivity index (χ2v) is 18.5. The first-order valence-electron chi connectivity index (χ1n) is 23.3. The van der Waals surface area contributed by atoms with Crippen LogP contribution in [0.15, 0.2) is 211 Å². The van der Waals surface area contributed by atoms with Gasteiger partial charge in [-0.1, -0.05) is 103 Å². The lowest BCUT2D eigenvalue weighted by atomic mass is 9.68. The number of halogens is 1. The first-order valence-corrected chi connectivity index (χ1v) is 23.3. The standard InChI is InChI=1S/C61H44FN3O/c62-43-27-29-46(30-28-43)65-53-21-9-7-19-49(53)50-33-31-47(37-56(50)65)63(44-15-3-1-4-16-44)54-22-11-13-39-35-41-25-26-42-36-40-14-12-23-55(60(40)61(41,42)59(39)54)64(45-17-5-2-6-18-45)48-32-34-52-51-20-8-10-24-57(51)66-58(52)38-48/h1-24,27-34,37-38,41-42H,25-26,35-36H2. The Morgan fingerprint density at radius 1 is 0.439 bits per heavy atom. The van der Waals surface area contributed by atoms with E-state index in [2.05, 4.69) is 190 Å². The monoisotopic (exact) mass is 853 g/mol. The van der Waals surface area contributed by atoms with Crippen LogP contribution in [0.2, 0.25) is 0 Å². The molecule has 3 unspecified atom stereocenters. The van der Waals surface area contributed by atoms with Crippen LogP contribution in [0.25, 0.3) is 49.4 Å². The Kier molecular flexibility index (Phi) is 8.12. The molecule has 0 amide bonds. The number of benzene rings is 9. The number of para-hydroxylation sites is 4. The molecule has 1 fully saturated rings. The van der Waals surface area contributed by atoms with Crippen LogP contribution in [0.3, 0.4) is 0 Å². The Morgan fingerprint density at radius 3 is 1.62 bits per heavy atom. The highest BCUT2D eigenvalue weighted by Crippen LogP contribution is 2.69. The zero-order chi connectivity index (χ0) is 43.5. The van der Waals surface area contributed by atoms with Crippen molar-refractivity contribution >= 4 is 77.9 Å². The minimum Gasteiger partial charge on any atom is -0.456 e. The molecule has 0 N–H and O–H groups in total. The number of hydrogen-bond acceptors (Lipinski definition) is 3. The molecular formula is C61H44FN3O. The second-order valence-electron chi connectivity index (χ2n) is 18.5. The van der Waals surface area contributed by atoms with Crippen molar-refractivity contribution in [1.82, 2.24) is 4.57 Å². The van der Waals surface area contributed by atoms with Gasteiger partial charge in [-0.3, -0.25) is 0 Å². The molecule has 9 aromatic carbocycles. The number of fused-ring (bicyclic) bond motifs is 8. The van der Waals surface area contributed by atoms with E-state index in [4.69, 9.17) is 4.42 Å². The minimum atomic E-state index is -0.243. The van der Waals surface area contributed by atoms with Gasteiger partial charge in [-0.2, -0.15) is 0 Å². The van der Waals surface area contributed by atoms with Crippen molar-refractivity contribution in [2.24, 2.45) is 11.8 Å². The summed E-state index contributed by atoms with van der Waals surface area (Å²) < 4.78 is 23.2. The minimum absolute atomic E-state index is 0.214. The molecule has 0 radical (unpaired) electrons. The lowest BCUT2D eigenvalue weighted by Gasteiger charge is -2.40. The molecule has 3 aliphatic carbocycles. The summed E-state index contributed by atoms with van der Waals surface area (Å²) in [4.78, 5) is 5.01. The maximum absolute atomic E-state index is 14.4. The van der Waals surface area contributed by atoms with E-state index >= 15 is 0 Å². The van der Waals surface area contributed by atoms with Crippen molar-refractivity contribution in [2.75, 3.05) is 9.80 Å². The summed E-state index contributed by atoms with van der Waals surface area (Å²) in [6, 6.07) is 73.4. The third-order valence-electron chi connectivity index (χ3n) is 15.3. The Labute approximate surface area is 382 Å². The van der Waals surface area contributed by atoms with Crippen molar-refractivity contribution in [1.29, 1.82) is 0 Å². The molecule has 0 aliphatic heterocycles. The summed E-state index contributed by atoms with van der Waals surface area (Å²) in [6.07, 6.45) is 4.48. The average Bonchev–Trinajstić information content (AvgIpc) is 4.16. The smallest absolute Gasteiger partial charge is 0.137 e. The van der Waals surface area contributed by atoms with Crippen LogP contribution >= 0.6 is 0 Å². The van der Waals surface area contributed by atoms with Crippen molar-refractivity contribution in [3.8, 4) is 5.69 Å². The van der Waals surface area contributed by atoms with Crippen LogP contribution < -0.4 is 9.80 Å². The highest BCUT2D eigenvalue weighted by molar-refractivity contribution is 6.10. The largest absolute Gasteiger partial charge is 0.456 e. The predicted octanol–water partition coefficient (Wildman–Crippen LogP) is 16.2. The third-order valence-corrected chi connectivity index (χ3v) is 15.3. The summed E-state index contributed by atoms with van der Waals surface area (Å²) in [6.45, 7) is 0. The molecule has 1 saturated carbocycles. The molecule has 0 saturated heterocycles. The van der Waals surface area contributed by atoms with Crippen molar-refractivity contribution in [3.05, 3.63) is 234 Å². The fraction of sp³-hybridized carbons (Fsp3) is 0.115. The molecule has 4 nitrogen and oxygen atoms in total. The van der Waals surface area contributed by atoms with Crippen LogP contribution in [-0.4, -0.2) is 4.57 Å². The molecule has 2 aromatic heterocycles. The molecule has 11 aromatic rings. The summed E-state index contributed by atoms with van der Waals surface area (Å²) in [5.74, 6) is 0.669. The van der Waals surface area contributed by atoms with Gasteiger partial charge in [0.25, 0.3) is 0 Å². The number of hydrogen-bond donors (Lipinski definition) is 0. The molecule has 1 spiro atoms. The lowest BCUT2D eigenvalue weighted by Crippen LogP contribution is -2.34. The summed E-state index contributed by atoms with van der Waals surface area (Å²) in [5, 5.41) is 4.59. The zero-order valence-corrected chi connectivity index (χ0v) is 36.2. The fourth-order valence-corrected chi connectivity index (χ4v) is 12.9. The summed E-state index contributed by atoms with van der Waals surface area (Å²) in [7, 11) is 0. The van der Waals surface area contributed by atoms with Gasteiger partial charge in [-0.15, -0.1) is 0 Å². The van der Waals surface area contributed by atoms with Gasteiger partial charge in [0.2, 0.25) is 0 Å². The fourth-order valence-electron chi connectivity index (χ4n) is 12.9. The highest BCUT2D eigenvalue weighted by Gasteiger charge is 2.62. The number of aromatic nitrogens is 1. The molecule has 66 heavy (non-hydrogen) atoms. The van der Waals surface area contributed by atoms with Crippen molar-refractivity contribution in [3.63, 3.8) is 0 Å². The molecule has 14 rings (SSSR count). The van der Waals surface area contributed by atoms with Crippen molar-refractivity contribution < 1.29 is 8.81 Å². The Hall–Kier alpha value is -7.89. The van der Waals surface area contributed by atoms with E-state index < -0.39 is 0 Å². The molecule has 3 aliphatic rings. The van der Waals surface area contributed by atoms with Crippen LogP contribution in [0.4, 0.5) is 38.5 Å². The van der Waals surface area contributed by atoms with Gasteiger partial charge >= 0.3 is 0 Å². The number of furan rings is 1. The van der Waals surface area contributed by atoms with Crippen LogP contribution in [0, 0.1) is 17.7 Å². The van der Waals surface area contributed by atoms with Crippen LogP contribution in [-0.2, 0) is 18.3 Å².